The molecule has 0 bridgehead atoms. The molecule has 1 fully saturated rings. The maximum absolute atomic E-state index is 14.1. The molecule has 4 aromatic rings. The second-order valence-corrected chi connectivity index (χ2v) is 9.88. The number of imidazole rings is 1. The molecule has 1 aliphatic rings. The number of aryl methyl sites for hydroxylation is 4. The second kappa shape index (κ2) is 8.08. The Morgan fingerprint density at radius 2 is 1.71 bits per heavy atom. The molecule has 3 aromatic carbocycles. The Morgan fingerprint density at radius 3 is 2.47 bits per heavy atom. The van der Waals surface area contributed by atoms with Crippen LogP contribution < -0.4 is 0 Å². The molecule has 1 aromatic heterocycles. The Balaban J connectivity index is 1.59. The first-order chi connectivity index (χ1) is 16.2. The molecule has 1 saturated heterocycles. The molecule has 174 valence electrons. The van der Waals surface area contributed by atoms with E-state index in [2.05, 4.69) is 37.9 Å². The van der Waals surface area contributed by atoms with Crippen LogP contribution in [-0.4, -0.2) is 27.3 Å². The summed E-state index contributed by atoms with van der Waals surface area (Å²) >= 11 is 0. The van der Waals surface area contributed by atoms with Crippen LogP contribution in [0.1, 0.15) is 58.2 Å². The summed E-state index contributed by atoms with van der Waals surface area (Å²) < 4.78 is 13.8. The summed E-state index contributed by atoms with van der Waals surface area (Å²) in [7, 11) is 0. The smallest absolute Gasteiger partial charge is 0.255 e. The van der Waals surface area contributed by atoms with Gasteiger partial charge in [0.05, 0.1) is 16.6 Å². The average Bonchev–Trinajstić information content (AvgIpc) is 3.38. The van der Waals surface area contributed by atoms with Gasteiger partial charge in [-0.3, -0.25) is 4.79 Å². The van der Waals surface area contributed by atoms with Crippen LogP contribution in [0.5, 0.6) is 0 Å². The summed E-state index contributed by atoms with van der Waals surface area (Å²) in [5, 5.41) is 0. The van der Waals surface area contributed by atoms with Gasteiger partial charge in [-0.15, -0.1) is 0 Å². The Kier molecular flexibility index (Phi) is 5.31. The summed E-state index contributed by atoms with van der Waals surface area (Å²) in [5.41, 5.74) is 7.99. The molecule has 5 rings (SSSR count). The molecule has 0 radical (unpaired) electrons. The van der Waals surface area contributed by atoms with Crippen molar-refractivity contribution < 1.29 is 9.18 Å². The van der Waals surface area contributed by atoms with E-state index in [1.165, 1.54) is 23.3 Å². The molecule has 4 nitrogen and oxygen atoms in total. The highest BCUT2D eigenvalue weighted by atomic mass is 19.1. The average molecular weight is 456 g/mol. The number of carbonyl (C=O) groups is 1. The minimum absolute atomic E-state index is 0.0183. The molecule has 1 aliphatic heterocycles. The third-order valence-electron chi connectivity index (χ3n) is 7.38. The molecular formula is C29H30FN3O. The van der Waals surface area contributed by atoms with Gasteiger partial charge in [0.2, 0.25) is 0 Å². The van der Waals surface area contributed by atoms with Crippen LogP contribution in [0.4, 0.5) is 4.39 Å². The topological polar surface area (TPSA) is 49.0 Å². The molecule has 34 heavy (non-hydrogen) atoms. The number of amides is 1. The number of hydrogen-bond donors (Lipinski definition) is 1. The molecule has 1 N–H and O–H groups in total. The number of aromatic nitrogens is 2. The van der Waals surface area contributed by atoms with Gasteiger partial charge in [-0.2, -0.15) is 0 Å². The normalized spacial score (nSPS) is 18.1. The molecule has 0 unspecified atom stereocenters. The van der Waals surface area contributed by atoms with Gasteiger partial charge in [-0.1, -0.05) is 23.8 Å². The van der Waals surface area contributed by atoms with E-state index in [9.17, 15) is 9.18 Å². The van der Waals surface area contributed by atoms with Crippen LogP contribution >= 0.6 is 0 Å². The van der Waals surface area contributed by atoms with E-state index in [0.717, 1.165) is 52.0 Å². The number of hydrogen-bond acceptors (Lipinski definition) is 2. The van der Waals surface area contributed by atoms with Gasteiger partial charge in [-0.25, -0.2) is 9.37 Å². The van der Waals surface area contributed by atoms with Crippen molar-refractivity contribution in [3.8, 4) is 11.1 Å². The fourth-order valence-corrected chi connectivity index (χ4v) is 5.20. The monoisotopic (exact) mass is 455 g/mol. The summed E-state index contributed by atoms with van der Waals surface area (Å²) in [5.74, 6) is 0.532. The highest BCUT2D eigenvalue weighted by Gasteiger charge is 2.44. The van der Waals surface area contributed by atoms with Gasteiger partial charge in [0.1, 0.15) is 11.6 Å². The number of rotatable bonds is 3. The van der Waals surface area contributed by atoms with E-state index >= 15 is 0 Å². The first-order valence-electron chi connectivity index (χ1n) is 11.8. The lowest BCUT2D eigenvalue weighted by Gasteiger charge is -2.34. The van der Waals surface area contributed by atoms with Crippen molar-refractivity contribution in [2.24, 2.45) is 0 Å². The maximum atomic E-state index is 14.1. The number of carbonyl (C=O) groups excluding carboxylic acids is 1. The van der Waals surface area contributed by atoms with E-state index < -0.39 is 5.54 Å². The number of nitrogens with one attached hydrogen (secondary N) is 1. The minimum Gasteiger partial charge on any atom is -0.340 e. The summed E-state index contributed by atoms with van der Waals surface area (Å²) in [6.07, 6.45) is 1.75. The fraction of sp³-hybridized carbons (Fsp3) is 0.310. The third-order valence-corrected chi connectivity index (χ3v) is 7.38. The number of aromatic amines is 1. The number of nitrogens with zero attached hydrogens (tertiary/aromatic N) is 2. The van der Waals surface area contributed by atoms with Crippen molar-refractivity contribution in [3.63, 3.8) is 0 Å². The summed E-state index contributed by atoms with van der Waals surface area (Å²) in [6, 6.07) is 14.9. The van der Waals surface area contributed by atoms with Gasteiger partial charge in [0.25, 0.3) is 5.91 Å². The lowest BCUT2D eigenvalue weighted by molar-refractivity contribution is 0.0606. The molecule has 0 aliphatic carbocycles. The van der Waals surface area contributed by atoms with Crippen molar-refractivity contribution in [1.29, 1.82) is 0 Å². The van der Waals surface area contributed by atoms with Crippen molar-refractivity contribution in [1.82, 2.24) is 14.9 Å². The Hall–Kier alpha value is -3.47. The van der Waals surface area contributed by atoms with Crippen LogP contribution in [-0.2, 0) is 5.54 Å². The van der Waals surface area contributed by atoms with Crippen LogP contribution in [0, 0.1) is 33.5 Å². The minimum atomic E-state index is -0.531. The Bertz CT molecular complexity index is 1400. The lowest BCUT2D eigenvalue weighted by atomic mass is 9.92. The SMILES string of the molecule is Cc1ccc(-c2ccc(F)cc2C)c(C(=O)N2CCC[C@@]2(C)c2nc3cc(C)c(C)cc3[nH]2)c1. The van der Waals surface area contributed by atoms with E-state index in [0.29, 0.717) is 12.1 Å². The highest BCUT2D eigenvalue weighted by molar-refractivity contribution is 6.02. The van der Waals surface area contributed by atoms with Crippen LogP contribution in [0.3, 0.4) is 0 Å². The lowest BCUT2D eigenvalue weighted by Crippen LogP contribution is -2.43. The van der Waals surface area contributed by atoms with Crippen LogP contribution in [0.15, 0.2) is 48.5 Å². The van der Waals surface area contributed by atoms with Crippen LogP contribution in [0.25, 0.3) is 22.2 Å². The zero-order valence-corrected chi connectivity index (χ0v) is 20.4. The quantitative estimate of drug-likeness (QED) is 0.371. The first-order valence-corrected chi connectivity index (χ1v) is 11.8. The van der Waals surface area contributed by atoms with Crippen molar-refractivity contribution >= 4 is 16.9 Å². The largest absolute Gasteiger partial charge is 0.340 e. The molecular weight excluding hydrogens is 425 g/mol. The zero-order valence-electron chi connectivity index (χ0n) is 20.4. The standard InChI is InChI=1S/C29H30FN3O/c1-17-7-9-23(22-10-8-21(30)14-20(22)4)24(13-17)27(34)33-12-6-11-29(33,5)28-31-25-15-18(2)19(3)16-26(25)32-28/h7-10,13-16H,6,11-12H2,1-5H3,(H,31,32)/t29-/m0/s1. The van der Waals surface area contributed by atoms with Crippen molar-refractivity contribution in [3.05, 3.63) is 88.0 Å². The summed E-state index contributed by atoms with van der Waals surface area (Å²) in [6.45, 7) is 10.8. The molecule has 1 amide bonds. The Labute approximate surface area is 199 Å². The van der Waals surface area contributed by atoms with Gasteiger partial charge in [0.15, 0.2) is 0 Å². The van der Waals surface area contributed by atoms with Crippen molar-refractivity contribution in [2.75, 3.05) is 6.54 Å². The second-order valence-electron chi connectivity index (χ2n) is 9.88. The van der Waals surface area contributed by atoms with Gasteiger partial charge in [-0.05, 0) is 106 Å². The fourth-order valence-electron chi connectivity index (χ4n) is 5.20. The van der Waals surface area contributed by atoms with E-state index in [-0.39, 0.29) is 11.7 Å². The first kappa shape index (κ1) is 22.3. The van der Waals surface area contributed by atoms with Gasteiger partial charge >= 0.3 is 0 Å². The zero-order chi connectivity index (χ0) is 24.2. The molecule has 5 heteroatoms. The number of halogens is 1. The number of benzene rings is 3. The van der Waals surface area contributed by atoms with E-state index in [4.69, 9.17) is 4.98 Å². The predicted octanol–water partition coefficient (Wildman–Crippen LogP) is 6.75. The number of fused-ring (bicyclic) bond motifs is 1. The number of likely N-dealkylation sites (tertiary alicyclic amines) is 1. The molecule has 2 heterocycles. The maximum Gasteiger partial charge on any atom is 0.255 e. The predicted molar refractivity (Wildman–Crippen MR) is 135 cm³/mol. The van der Waals surface area contributed by atoms with Gasteiger partial charge < -0.3 is 9.88 Å². The highest BCUT2D eigenvalue weighted by Crippen LogP contribution is 2.40. The number of H-pyrrole nitrogens is 1. The molecule has 0 saturated carbocycles. The van der Waals surface area contributed by atoms with Crippen LogP contribution in [0.2, 0.25) is 0 Å². The Morgan fingerprint density at radius 1 is 0.971 bits per heavy atom. The van der Waals surface area contributed by atoms with E-state index in [1.54, 1.807) is 6.07 Å². The van der Waals surface area contributed by atoms with E-state index in [1.807, 2.05) is 36.9 Å². The molecule has 0 spiro atoms. The van der Waals surface area contributed by atoms with Crippen molar-refractivity contribution in [2.45, 2.75) is 53.0 Å². The van der Waals surface area contributed by atoms with Gasteiger partial charge in [0, 0.05) is 12.1 Å². The molecule has 1 atom stereocenters. The third kappa shape index (κ3) is 3.60. The summed E-state index contributed by atoms with van der Waals surface area (Å²) in [4.78, 5) is 24.5.